The lowest BCUT2D eigenvalue weighted by Gasteiger charge is -2.21. The van der Waals surface area contributed by atoms with Crippen LogP contribution in [0.1, 0.15) is 30.3 Å². The Morgan fingerprint density at radius 3 is 2.88 bits per heavy atom. The van der Waals surface area contributed by atoms with Crippen molar-refractivity contribution in [2.45, 2.75) is 19.8 Å². The minimum absolute atomic E-state index is 0.0456. The van der Waals surface area contributed by atoms with Gasteiger partial charge in [0, 0.05) is 24.3 Å². The van der Waals surface area contributed by atoms with Crippen LogP contribution >= 0.6 is 11.6 Å². The van der Waals surface area contributed by atoms with Gasteiger partial charge in [-0.25, -0.2) is 0 Å². The lowest BCUT2D eigenvalue weighted by atomic mass is 10.2. The van der Waals surface area contributed by atoms with Crippen LogP contribution in [-0.2, 0) is 0 Å². The van der Waals surface area contributed by atoms with Crippen molar-refractivity contribution < 1.29 is 9.90 Å². The van der Waals surface area contributed by atoms with E-state index in [0.717, 1.165) is 12.8 Å². The summed E-state index contributed by atoms with van der Waals surface area (Å²) < 4.78 is 0. The molecule has 0 aliphatic carbocycles. The number of aliphatic hydroxyl groups is 1. The van der Waals surface area contributed by atoms with Crippen LogP contribution in [0.25, 0.3) is 0 Å². The second-order valence-electron chi connectivity index (χ2n) is 3.73. The quantitative estimate of drug-likeness (QED) is 0.847. The molecule has 0 saturated carbocycles. The summed E-state index contributed by atoms with van der Waals surface area (Å²) in [6.45, 7) is 2.96. The normalized spacial score (nSPS) is 10.3. The fourth-order valence-corrected chi connectivity index (χ4v) is 1.63. The number of nitrogens with zero attached hydrogens (tertiary/aromatic N) is 2. The monoisotopic (exact) mass is 256 g/mol. The number of carbonyl (C=O) groups excluding carboxylic acids is 1. The van der Waals surface area contributed by atoms with Gasteiger partial charge in [-0.1, -0.05) is 24.9 Å². The van der Waals surface area contributed by atoms with E-state index in [-0.39, 0.29) is 12.5 Å². The minimum Gasteiger partial charge on any atom is -0.395 e. The summed E-state index contributed by atoms with van der Waals surface area (Å²) >= 11 is 5.81. The number of halogens is 1. The molecule has 0 aromatic carbocycles. The van der Waals surface area contributed by atoms with Gasteiger partial charge in [-0.15, -0.1) is 0 Å². The Morgan fingerprint density at radius 2 is 2.29 bits per heavy atom. The summed E-state index contributed by atoms with van der Waals surface area (Å²) in [4.78, 5) is 17.7. The van der Waals surface area contributed by atoms with Gasteiger partial charge in [0.1, 0.15) is 5.69 Å². The zero-order valence-corrected chi connectivity index (χ0v) is 10.7. The van der Waals surface area contributed by atoms with E-state index in [4.69, 9.17) is 16.7 Å². The highest BCUT2D eigenvalue weighted by Crippen LogP contribution is 2.10. The lowest BCUT2D eigenvalue weighted by Crippen LogP contribution is -2.34. The number of amides is 1. The lowest BCUT2D eigenvalue weighted by molar-refractivity contribution is 0.0713. The number of rotatable bonds is 6. The molecule has 0 radical (unpaired) electrons. The van der Waals surface area contributed by atoms with Crippen LogP contribution in [0.3, 0.4) is 0 Å². The highest BCUT2D eigenvalue weighted by molar-refractivity contribution is 6.30. The van der Waals surface area contributed by atoms with Crippen LogP contribution in [0.5, 0.6) is 0 Å². The van der Waals surface area contributed by atoms with E-state index in [0.29, 0.717) is 23.8 Å². The van der Waals surface area contributed by atoms with Crippen LogP contribution in [0.4, 0.5) is 0 Å². The van der Waals surface area contributed by atoms with Crippen LogP contribution in [-0.4, -0.2) is 40.6 Å². The Bertz CT molecular complexity index is 371. The maximum absolute atomic E-state index is 12.1. The zero-order valence-electron chi connectivity index (χ0n) is 9.90. The smallest absolute Gasteiger partial charge is 0.272 e. The Hall–Kier alpha value is -1.13. The highest BCUT2D eigenvalue weighted by atomic mass is 35.5. The maximum Gasteiger partial charge on any atom is 0.272 e. The molecule has 94 valence electrons. The van der Waals surface area contributed by atoms with Crippen molar-refractivity contribution in [1.82, 2.24) is 9.88 Å². The molecule has 0 unspecified atom stereocenters. The first-order valence-electron chi connectivity index (χ1n) is 5.70. The average Bonchev–Trinajstić information content (AvgIpc) is 2.33. The Balaban J connectivity index is 2.76. The van der Waals surface area contributed by atoms with Gasteiger partial charge in [0.25, 0.3) is 5.91 Å². The standard InChI is InChI=1S/C12H17ClN2O2/c1-2-3-6-15(7-8-16)12(17)11-9-10(13)4-5-14-11/h4-5,9,16H,2-3,6-8H2,1H3. The summed E-state index contributed by atoms with van der Waals surface area (Å²) in [5.41, 5.74) is 0.321. The van der Waals surface area contributed by atoms with Crippen molar-refractivity contribution in [3.63, 3.8) is 0 Å². The number of hydrogen-bond acceptors (Lipinski definition) is 3. The molecule has 1 aromatic heterocycles. The van der Waals surface area contributed by atoms with Crippen LogP contribution in [0, 0.1) is 0 Å². The van der Waals surface area contributed by atoms with Gasteiger partial charge in [-0.05, 0) is 18.6 Å². The predicted molar refractivity (Wildman–Crippen MR) is 67.1 cm³/mol. The number of pyridine rings is 1. The number of aliphatic hydroxyl groups excluding tert-OH is 1. The van der Waals surface area contributed by atoms with Crippen LogP contribution in [0.15, 0.2) is 18.3 Å². The van der Waals surface area contributed by atoms with Gasteiger partial charge in [-0.2, -0.15) is 0 Å². The Kier molecular flexibility index (Phi) is 5.94. The Labute approximate surface area is 106 Å². The molecule has 0 aliphatic heterocycles. The third-order valence-electron chi connectivity index (χ3n) is 2.38. The van der Waals surface area contributed by atoms with Crippen molar-refractivity contribution in [2.75, 3.05) is 19.7 Å². The molecule has 1 rings (SSSR count). The number of unbranched alkanes of at least 4 members (excludes halogenated alkanes) is 1. The van der Waals surface area contributed by atoms with E-state index in [1.807, 2.05) is 0 Å². The van der Waals surface area contributed by atoms with Gasteiger partial charge in [0.05, 0.1) is 6.61 Å². The SMILES string of the molecule is CCCCN(CCO)C(=O)c1cc(Cl)ccn1. The second kappa shape index (κ2) is 7.25. The van der Waals surface area contributed by atoms with Crippen molar-refractivity contribution in [2.24, 2.45) is 0 Å². The van der Waals surface area contributed by atoms with Crippen molar-refractivity contribution >= 4 is 17.5 Å². The van der Waals surface area contributed by atoms with E-state index >= 15 is 0 Å². The zero-order chi connectivity index (χ0) is 12.7. The topological polar surface area (TPSA) is 53.4 Å². The molecule has 1 amide bonds. The van der Waals surface area contributed by atoms with Crippen LogP contribution < -0.4 is 0 Å². The predicted octanol–water partition coefficient (Wildman–Crippen LogP) is 1.97. The first kappa shape index (κ1) is 13.9. The molecule has 0 atom stereocenters. The van der Waals surface area contributed by atoms with E-state index in [2.05, 4.69) is 11.9 Å². The largest absolute Gasteiger partial charge is 0.395 e. The molecule has 1 heterocycles. The molecule has 0 spiro atoms. The minimum atomic E-state index is -0.185. The third kappa shape index (κ3) is 4.32. The molecular formula is C12H17ClN2O2. The summed E-state index contributed by atoms with van der Waals surface area (Å²) in [6.07, 6.45) is 3.41. The first-order chi connectivity index (χ1) is 8.19. The molecule has 0 saturated heterocycles. The molecule has 0 bridgehead atoms. The molecule has 1 N–H and O–H groups in total. The van der Waals surface area contributed by atoms with E-state index in [1.165, 1.54) is 6.20 Å². The van der Waals surface area contributed by atoms with E-state index in [1.54, 1.807) is 17.0 Å². The number of hydrogen-bond donors (Lipinski definition) is 1. The van der Waals surface area contributed by atoms with Gasteiger partial charge in [-0.3, -0.25) is 9.78 Å². The molecule has 0 aliphatic rings. The summed E-state index contributed by atoms with van der Waals surface area (Å²) in [6, 6.07) is 3.17. The maximum atomic E-state index is 12.1. The fraction of sp³-hybridized carbons (Fsp3) is 0.500. The Morgan fingerprint density at radius 1 is 1.53 bits per heavy atom. The van der Waals surface area contributed by atoms with Gasteiger partial charge >= 0.3 is 0 Å². The number of aromatic nitrogens is 1. The van der Waals surface area contributed by atoms with Crippen LogP contribution in [0.2, 0.25) is 5.02 Å². The molecular weight excluding hydrogens is 240 g/mol. The van der Waals surface area contributed by atoms with Gasteiger partial charge < -0.3 is 10.0 Å². The molecule has 4 nitrogen and oxygen atoms in total. The van der Waals surface area contributed by atoms with E-state index in [9.17, 15) is 4.79 Å². The van der Waals surface area contributed by atoms with E-state index < -0.39 is 0 Å². The first-order valence-corrected chi connectivity index (χ1v) is 6.08. The second-order valence-corrected chi connectivity index (χ2v) is 4.17. The fourth-order valence-electron chi connectivity index (χ4n) is 1.47. The molecule has 5 heteroatoms. The highest BCUT2D eigenvalue weighted by Gasteiger charge is 2.16. The molecule has 17 heavy (non-hydrogen) atoms. The van der Waals surface area contributed by atoms with Crippen molar-refractivity contribution in [3.8, 4) is 0 Å². The third-order valence-corrected chi connectivity index (χ3v) is 2.61. The van der Waals surface area contributed by atoms with Crippen molar-refractivity contribution in [1.29, 1.82) is 0 Å². The van der Waals surface area contributed by atoms with Crippen molar-refractivity contribution in [3.05, 3.63) is 29.0 Å². The number of carbonyl (C=O) groups is 1. The molecule has 0 fully saturated rings. The van der Waals surface area contributed by atoms with Gasteiger partial charge in [0.15, 0.2) is 0 Å². The molecule has 1 aromatic rings. The average molecular weight is 257 g/mol. The summed E-state index contributed by atoms with van der Waals surface area (Å²) in [5, 5.41) is 9.43. The van der Waals surface area contributed by atoms with Gasteiger partial charge in [0.2, 0.25) is 0 Å². The summed E-state index contributed by atoms with van der Waals surface area (Å²) in [5.74, 6) is -0.185. The summed E-state index contributed by atoms with van der Waals surface area (Å²) in [7, 11) is 0.